The van der Waals surface area contributed by atoms with E-state index in [9.17, 15) is 0 Å². The lowest BCUT2D eigenvalue weighted by Gasteiger charge is -2.31. The second-order valence-electron chi connectivity index (χ2n) is 3.78. The van der Waals surface area contributed by atoms with Crippen molar-refractivity contribution in [3.8, 4) is 0 Å². The third-order valence-corrected chi connectivity index (χ3v) is 2.03. The van der Waals surface area contributed by atoms with Gasteiger partial charge < -0.3 is 0 Å². The van der Waals surface area contributed by atoms with Gasteiger partial charge in [0.2, 0.25) is 0 Å². The molecular weight excluding hydrogens is 160 g/mol. The molecule has 13 heavy (non-hydrogen) atoms. The zero-order chi connectivity index (χ0) is 10.0. The fourth-order valence-corrected chi connectivity index (χ4v) is 1.32. The number of hydrogen-bond acceptors (Lipinski definition) is 2. The summed E-state index contributed by atoms with van der Waals surface area (Å²) in [4.78, 5) is 0. The summed E-state index contributed by atoms with van der Waals surface area (Å²) >= 11 is 0. The van der Waals surface area contributed by atoms with E-state index >= 15 is 0 Å². The summed E-state index contributed by atoms with van der Waals surface area (Å²) in [6, 6.07) is 0. The van der Waals surface area contributed by atoms with Crippen LogP contribution in [-0.2, 0) is 0 Å². The molecule has 1 aliphatic rings. The Kier molecular flexibility index (Phi) is 2.94. The summed E-state index contributed by atoms with van der Waals surface area (Å²) in [7, 11) is 4.09. The van der Waals surface area contributed by atoms with Crippen LogP contribution in [0.15, 0.2) is 35.2 Å². The second-order valence-corrected chi connectivity index (χ2v) is 3.78. The third kappa shape index (κ3) is 2.22. The van der Waals surface area contributed by atoms with Crippen molar-refractivity contribution >= 4 is 0 Å². The maximum Gasteiger partial charge on any atom is 0.0562 e. The molecule has 0 N–H and O–H groups in total. The van der Waals surface area contributed by atoms with Gasteiger partial charge in [0.25, 0.3) is 0 Å². The zero-order valence-electron chi connectivity index (χ0n) is 9.13. The fourth-order valence-electron chi connectivity index (χ4n) is 1.32. The van der Waals surface area contributed by atoms with Crippen molar-refractivity contribution in [1.29, 1.82) is 0 Å². The molecule has 0 aromatic rings. The molecule has 0 amide bonds. The van der Waals surface area contributed by atoms with Gasteiger partial charge in [-0.05, 0) is 38.5 Å². The van der Waals surface area contributed by atoms with Crippen molar-refractivity contribution in [2.45, 2.75) is 20.8 Å². The van der Waals surface area contributed by atoms with Gasteiger partial charge in [0, 0.05) is 20.3 Å². The van der Waals surface area contributed by atoms with Crippen LogP contribution in [-0.4, -0.2) is 24.1 Å². The highest BCUT2D eigenvalue weighted by Gasteiger charge is 2.11. The molecule has 0 spiro atoms. The molecule has 2 heteroatoms. The Balaban J connectivity index is 3.03. The molecule has 1 heterocycles. The molecule has 0 saturated heterocycles. The van der Waals surface area contributed by atoms with Gasteiger partial charge in [0.1, 0.15) is 0 Å². The summed E-state index contributed by atoms with van der Waals surface area (Å²) in [6.45, 7) is 6.38. The monoisotopic (exact) mass is 178 g/mol. The lowest BCUT2D eigenvalue weighted by Crippen LogP contribution is -2.32. The molecule has 0 aliphatic carbocycles. The van der Waals surface area contributed by atoms with Crippen molar-refractivity contribution in [3.63, 3.8) is 0 Å². The summed E-state index contributed by atoms with van der Waals surface area (Å²) in [5.41, 5.74) is 3.90. The minimum atomic E-state index is 1.27. The van der Waals surface area contributed by atoms with Gasteiger partial charge in [0.05, 0.1) is 5.70 Å². The second kappa shape index (κ2) is 3.79. The summed E-state index contributed by atoms with van der Waals surface area (Å²) < 4.78 is 0. The van der Waals surface area contributed by atoms with Crippen molar-refractivity contribution in [1.82, 2.24) is 10.0 Å². The van der Waals surface area contributed by atoms with Crippen LogP contribution in [0.1, 0.15) is 20.8 Å². The molecular formula is C11H18N2. The summed E-state index contributed by atoms with van der Waals surface area (Å²) in [6.07, 6.45) is 6.42. The van der Waals surface area contributed by atoms with Crippen molar-refractivity contribution in [2.75, 3.05) is 14.1 Å². The van der Waals surface area contributed by atoms with Crippen LogP contribution >= 0.6 is 0 Å². The first-order valence-corrected chi connectivity index (χ1v) is 4.53. The van der Waals surface area contributed by atoms with E-state index in [1.165, 1.54) is 16.8 Å². The number of hydrogen-bond donors (Lipinski definition) is 0. The number of hydrazine groups is 1. The molecule has 0 atom stereocenters. The topological polar surface area (TPSA) is 6.48 Å². The van der Waals surface area contributed by atoms with Gasteiger partial charge in [-0.2, -0.15) is 0 Å². The molecule has 0 bridgehead atoms. The Hall–Kier alpha value is -1.02. The van der Waals surface area contributed by atoms with E-state index in [1.807, 2.05) is 14.1 Å². The van der Waals surface area contributed by atoms with Crippen molar-refractivity contribution < 1.29 is 0 Å². The summed E-state index contributed by atoms with van der Waals surface area (Å²) in [5.74, 6) is 0. The maximum atomic E-state index is 2.20. The molecule has 0 saturated carbocycles. The average molecular weight is 178 g/mol. The Bertz CT molecular complexity index is 278. The average Bonchev–Trinajstić information content (AvgIpc) is 2.03. The molecule has 72 valence electrons. The highest BCUT2D eigenvalue weighted by atomic mass is 15.6. The van der Waals surface area contributed by atoms with Gasteiger partial charge >= 0.3 is 0 Å². The van der Waals surface area contributed by atoms with Gasteiger partial charge in [-0.1, -0.05) is 5.57 Å². The number of allylic oxidation sites excluding steroid dienone is 4. The molecule has 0 radical (unpaired) electrons. The highest BCUT2D eigenvalue weighted by Crippen LogP contribution is 2.20. The van der Waals surface area contributed by atoms with Crippen molar-refractivity contribution in [2.24, 2.45) is 0 Å². The minimum absolute atomic E-state index is 1.27. The number of rotatable bonds is 1. The largest absolute Gasteiger partial charge is 0.282 e. The smallest absolute Gasteiger partial charge is 0.0562 e. The highest BCUT2D eigenvalue weighted by molar-refractivity contribution is 5.35. The van der Waals surface area contributed by atoms with Gasteiger partial charge in [-0.15, -0.1) is 0 Å². The molecule has 1 aliphatic heterocycles. The van der Waals surface area contributed by atoms with E-state index in [-0.39, 0.29) is 0 Å². The van der Waals surface area contributed by atoms with E-state index in [2.05, 4.69) is 49.1 Å². The Morgan fingerprint density at radius 2 is 1.92 bits per heavy atom. The SMILES string of the molecule is CC1=CC(=C(C)C)N(N(C)C)C=C1. The van der Waals surface area contributed by atoms with Crippen LogP contribution in [0.4, 0.5) is 0 Å². The van der Waals surface area contributed by atoms with Crippen LogP contribution < -0.4 is 0 Å². The van der Waals surface area contributed by atoms with Gasteiger partial charge in [-0.25, -0.2) is 5.01 Å². The van der Waals surface area contributed by atoms with Crippen LogP contribution in [0.2, 0.25) is 0 Å². The minimum Gasteiger partial charge on any atom is -0.282 e. The van der Waals surface area contributed by atoms with E-state index in [0.29, 0.717) is 0 Å². The van der Waals surface area contributed by atoms with Gasteiger partial charge in [0.15, 0.2) is 0 Å². The summed E-state index contributed by atoms with van der Waals surface area (Å²) in [5, 5.41) is 4.21. The van der Waals surface area contributed by atoms with E-state index in [0.717, 1.165) is 0 Å². The van der Waals surface area contributed by atoms with Gasteiger partial charge in [-0.3, -0.25) is 5.01 Å². The van der Waals surface area contributed by atoms with Crippen LogP contribution in [0, 0.1) is 0 Å². The Morgan fingerprint density at radius 3 is 2.38 bits per heavy atom. The fraction of sp³-hybridized carbons (Fsp3) is 0.455. The van der Waals surface area contributed by atoms with E-state index < -0.39 is 0 Å². The Morgan fingerprint density at radius 1 is 1.31 bits per heavy atom. The van der Waals surface area contributed by atoms with E-state index in [1.54, 1.807) is 0 Å². The maximum absolute atomic E-state index is 2.20. The first kappa shape index (κ1) is 10.1. The van der Waals surface area contributed by atoms with Crippen LogP contribution in [0.3, 0.4) is 0 Å². The quantitative estimate of drug-likeness (QED) is 0.609. The normalized spacial score (nSPS) is 16.6. The zero-order valence-corrected chi connectivity index (χ0v) is 9.13. The molecule has 0 aromatic heterocycles. The molecule has 0 aromatic carbocycles. The van der Waals surface area contributed by atoms with E-state index in [4.69, 9.17) is 0 Å². The molecule has 0 unspecified atom stereocenters. The molecule has 1 rings (SSSR count). The first-order chi connectivity index (χ1) is 6.02. The molecule has 0 fully saturated rings. The molecule has 2 nitrogen and oxygen atoms in total. The van der Waals surface area contributed by atoms with Crippen LogP contribution in [0.5, 0.6) is 0 Å². The number of nitrogens with zero attached hydrogens (tertiary/aromatic N) is 2. The lowest BCUT2D eigenvalue weighted by molar-refractivity contribution is 0.127. The first-order valence-electron chi connectivity index (χ1n) is 4.53. The lowest BCUT2D eigenvalue weighted by atomic mass is 10.1. The predicted molar refractivity (Wildman–Crippen MR) is 56.8 cm³/mol. The van der Waals surface area contributed by atoms with Crippen molar-refractivity contribution in [3.05, 3.63) is 35.2 Å². The Labute approximate surface area is 80.8 Å². The van der Waals surface area contributed by atoms with Crippen LogP contribution in [0.25, 0.3) is 0 Å². The predicted octanol–water partition coefficient (Wildman–Crippen LogP) is 2.53. The third-order valence-electron chi connectivity index (χ3n) is 2.03. The standard InChI is InChI=1S/C11H18N2/c1-9(2)11-8-10(3)6-7-13(11)12(4)5/h6-8H,1-5H3.